The first kappa shape index (κ1) is 31.6. The van der Waals surface area contributed by atoms with Crippen LogP contribution in [-0.2, 0) is 14.3 Å². The molecule has 2 aromatic carbocycles. The number of halogens is 5. The number of nitrogens with zero attached hydrogens (tertiary/aromatic N) is 4. The van der Waals surface area contributed by atoms with Gasteiger partial charge in [0.1, 0.15) is 30.0 Å². The van der Waals surface area contributed by atoms with Gasteiger partial charge in [-0.05, 0) is 43.2 Å². The van der Waals surface area contributed by atoms with Gasteiger partial charge in [0.2, 0.25) is 0 Å². The van der Waals surface area contributed by atoms with Gasteiger partial charge < -0.3 is 29.7 Å². The zero-order chi connectivity index (χ0) is 31.0. The lowest BCUT2D eigenvalue weighted by atomic mass is 9.88. The smallest absolute Gasteiger partial charge is 0.259 e. The minimum Gasteiger partial charge on any atom is -0.394 e. The Bertz CT molecular complexity index is 1440. The van der Waals surface area contributed by atoms with E-state index in [1.165, 1.54) is 36.4 Å². The first-order valence-corrected chi connectivity index (χ1v) is 14.3. The van der Waals surface area contributed by atoms with Crippen molar-refractivity contribution in [2.24, 2.45) is 0 Å². The molecule has 1 aromatic heterocycles. The average molecular weight is 645 g/mol. The molecule has 1 saturated heterocycles. The highest BCUT2D eigenvalue weighted by molar-refractivity contribution is 6.35. The average Bonchev–Trinajstić information content (AvgIpc) is 3.45. The van der Waals surface area contributed by atoms with Crippen LogP contribution < -0.4 is 4.90 Å². The quantitative estimate of drug-likeness (QED) is 0.332. The third kappa shape index (κ3) is 6.25. The molecule has 0 spiro atoms. The molecule has 1 aliphatic carbocycles. The molecule has 1 aliphatic heterocycles. The number of methoxy groups -OCH3 is 1. The molecule has 0 unspecified atom stereocenters. The van der Waals surface area contributed by atoms with Crippen molar-refractivity contribution < 1.29 is 42.8 Å². The molecule has 232 valence electrons. The van der Waals surface area contributed by atoms with Gasteiger partial charge in [-0.25, -0.2) is 17.9 Å². The summed E-state index contributed by atoms with van der Waals surface area (Å²) in [5.74, 6) is -5.16. The number of anilines is 1. The lowest BCUT2D eigenvalue weighted by Gasteiger charge is -2.46. The summed E-state index contributed by atoms with van der Waals surface area (Å²) >= 11 is 12.5. The zero-order valence-electron chi connectivity index (χ0n) is 22.8. The summed E-state index contributed by atoms with van der Waals surface area (Å²) in [6.45, 7) is -0.692. The summed E-state index contributed by atoms with van der Waals surface area (Å²) in [6, 6.07) is 4.17. The number of aliphatic hydroxyl groups is 3. The van der Waals surface area contributed by atoms with E-state index in [9.17, 15) is 33.3 Å². The molecular weight excluding hydrogens is 616 g/mol. The van der Waals surface area contributed by atoms with Crippen LogP contribution in [0.25, 0.3) is 11.3 Å². The first-order chi connectivity index (χ1) is 20.5. The number of aromatic nitrogens is 3. The van der Waals surface area contributed by atoms with Crippen LogP contribution >= 0.6 is 23.2 Å². The molecule has 0 radical (unpaired) electrons. The van der Waals surface area contributed by atoms with E-state index in [4.69, 9.17) is 32.7 Å². The topological polar surface area (TPSA) is 130 Å². The maximum absolute atomic E-state index is 14.4. The second-order valence-corrected chi connectivity index (χ2v) is 11.4. The Morgan fingerprint density at radius 1 is 1.09 bits per heavy atom. The number of benzene rings is 2. The maximum Gasteiger partial charge on any atom is 0.259 e. The fraction of sp³-hybridized carbons (Fsp3) is 0.464. The Morgan fingerprint density at radius 3 is 2.35 bits per heavy atom. The predicted octanol–water partition coefficient (Wildman–Crippen LogP) is 3.68. The second kappa shape index (κ2) is 13.1. The summed E-state index contributed by atoms with van der Waals surface area (Å²) in [7, 11) is 1.28. The minimum atomic E-state index is -1.64. The van der Waals surface area contributed by atoms with Gasteiger partial charge in [-0.1, -0.05) is 41.3 Å². The van der Waals surface area contributed by atoms with Gasteiger partial charge in [0.25, 0.3) is 5.91 Å². The molecule has 2 aliphatic rings. The van der Waals surface area contributed by atoms with Gasteiger partial charge in [0.15, 0.2) is 23.6 Å². The number of aliphatic hydroxyl groups excluding tert-OH is 3. The van der Waals surface area contributed by atoms with Crippen molar-refractivity contribution in [3.05, 3.63) is 64.0 Å². The number of ether oxygens (including phenoxy) is 2. The van der Waals surface area contributed by atoms with E-state index in [0.29, 0.717) is 18.5 Å². The van der Waals surface area contributed by atoms with Crippen LogP contribution in [0.4, 0.5) is 18.9 Å². The Hall–Kier alpha value is -2.78. The van der Waals surface area contributed by atoms with Gasteiger partial charge in [0, 0.05) is 28.4 Å². The lowest BCUT2D eigenvalue weighted by Crippen LogP contribution is -2.63. The second-order valence-electron chi connectivity index (χ2n) is 10.6. The van der Waals surface area contributed by atoms with Crippen LogP contribution in [-0.4, -0.2) is 86.5 Å². The maximum atomic E-state index is 14.4. The Labute approximate surface area is 254 Å². The highest BCUT2D eigenvalue weighted by atomic mass is 35.5. The predicted molar refractivity (Wildman–Crippen MR) is 149 cm³/mol. The van der Waals surface area contributed by atoms with Crippen LogP contribution in [0.15, 0.2) is 36.5 Å². The van der Waals surface area contributed by atoms with Crippen molar-refractivity contribution >= 4 is 34.8 Å². The molecule has 2 heterocycles. The van der Waals surface area contributed by atoms with Crippen LogP contribution in [0.1, 0.15) is 31.7 Å². The largest absolute Gasteiger partial charge is 0.394 e. The minimum absolute atomic E-state index is 0.0599. The third-order valence-electron chi connectivity index (χ3n) is 7.87. The third-order valence-corrected chi connectivity index (χ3v) is 8.30. The molecule has 3 aromatic rings. The standard InChI is InChI=1S/C28H29Cl2F3N4O6/c1-42-26-24(36-11-19(34-35-36)13-6-17(31)23(33)18(32)7-13)25(40)22(12-38)43-27(26)28(41)37(20-4-2-3-5-21(20)39)16-9-14(29)8-15(30)10-16/h6-11,20-22,24-27,38-40H,2-5,12H2,1H3/t20-,21-,22+,24-,25-,26+,27+/m0/s1. The SMILES string of the molecule is CO[C@@H]1[C@@H](n2cc(-c3cc(F)c(F)c(F)c3)nn2)[C@@H](O)[C@@H](CO)O[C@H]1C(=O)N(c1cc(Cl)cc(Cl)c1)[C@H]1CCCC[C@@H]1O. The fourth-order valence-electron chi connectivity index (χ4n) is 5.81. The van der Waals surface area contributed by atoms with Crippen molar-refractivity contribution in [1.82, 2.24) is 15.0 Å². The molecule has 0 bridgehead atoms. The molecule has 7 atom stereocenters. The number of hydrogen-bond donors (Lipinski definition) is 3. The first-order valence-electron chi connectivity index (χ1n) is 13.5. The molecule has 43 heavy (non-hydrogen) atoms. The van der Waals surface area contributed by atoms with Crippen LogP contribution in [0.2, 0.25) is 10.0 Å². The van der Waals surface area contributed by atoms with E-state index < -0.39 is 72.6 Å². The van der Waals surface area contributed by atoms with Gasteiger partial charge in [-0.3, -0.25) is 4.79 Å². The van der Waals surface area contributed by atoms with Crippen molar-refractivity contribution in [3.8, 4) is 11.3 Å². The normalized spacial score (nSPS) is 27.7. The molecule has 3 N–H and O–H groups in total. The van der Waals surface area contributed by atoms with Crippen molar-refractivity contribution in [2.75, 3.05) is 18.6 Å². The van der Waals surface area contributed by atoms with E-state index in [2.05, 4.69) is 10.3 Å². The molecule has 15 heteroatoms. The molecule has 5 rings (SSSR count). The number of rotatable bonds is 7. The number of hydrogen-bond acceptors (Lipinski definition) is 8. The Morgan fingerprint density at radius 2 is 1.74 bits per heavy atom. The van der Waals surface area contributed by atoms with Gasteiger partial charge in [-0.15, -0.1) is 5.10 Å². The van der Waals surface area contributed by atoms with E-state index >= 15 is 0 Å². The highest BCUT2D eigenvalue weighted by Gasteiger charge is 2.52. The van der Waals surface area contributed by atoms with Gasteiger partial charge >= 0.3 is 0 Å². The summed E-state index contributed by atoms with van der Waals surface area (Å²) in [5.41, 5.74) is 0.119. The monoisotopic (exact) mass is 644 g/mol. The molecule has 1 saturated carbocycles. The number of carbonyl (C=O) groups excluding carboxylic acids is 1. The van der Waals surface area contributed by atoms with Crippen LogP contribution in [0.5, 0.6) is 0 Å². The highest BCUT2D eigenvalue weighted by Crippen LogP contribution is 2.37. The Balaban J connectivity index is 1.55. The van der Waals surface area contributed by atoms with Crippen molar-refractivity contribution in [1.29, 1.82) is 0 Å². The summed E-state index contributed by atoms with van der Waals surface area (Å²) in [5, 5.41) is 40.6. The van der Waals surface area contributed by atoms with Crippen molar-refractivity contribution in [2.45, 2.75) is 68.3 Å². The van der Waals surface area contributed by atoms with E-state index in [-0.39, 0.29) is 21.3 Å². The zero-order valence-corrected chi connectivity index (χ0v) is 24.3. The van der Waals surface area contributed by atoms with E-state index in [1.807, 2.05) is 0 Å². The van der Waals surface area contributed by atoms with Crippen LogP contribution in [0.3, 0.4) is 0 Å². The van der Waals surface area contributed by atoms with Gasteiger partial charge in [-0.2, -0.15) is 0 Å². The molecular formula is C28H29Cl2F3N4O6. The summed E-state index contributed by atoms with van der Waals surface area (Å²) < 4.78 is 54.1. The van der Waals surface area contributed by atoms with E-state index in [1.54, 1.807) is 0 Å². The molecule has 2 fully saturated rings. The van der Waals surface area contributed by atoms with Crippen molar-refractivity contribution in [3.63, 3.8) is 0 Å². The van der Waals surface area contributed by atoms with E-state index in [0.717, 1.165) is 29.7 Å². The molecule has 10 nitrogen and oxygen atoms in total. The van der Waals surface area contributed by atoms with Crippen LogP contribution in [0, 0.1) is 17.5 Å². The molecule has 1 amide bonds. The van der Waals surface area contributed by atoms with Gasteiger partial charge in [0.05, 0.1) is 24.9 Å². The summed E-state index contributed by atoms with van der Waals surface area (Å²) in [6.07, 6.45) is -2.65. The number of amides is 1. The fourth-order valence-corrected chi connectivity index (χ4v) is 6.32. The number of carbonyl (C=O) groups is 1. The lowest BCUT2D eigenvalue weighted by molar-refractivity contribution is -0.211. The summed E-state index contributed by atoms with van der Waals surface area (Å²) in [4.78, 5) is 15.8. The Kier molecular flexibility index (Phi) is 9.61.